The number of rotatable bonds is 6. The molecule has 0 radical (unpaired) electrons. The molecule has 1 fully saturated rings. The van der Waals surface area contributed by atoms with E-state index in [-0.39, 0.29) is 17.6 Å². The zero-order valence-corrected chi connectivity index (χ0v) is 16.2. The van der Waals surface area contributed by atoms with Crippen LogP contribution in [-0.2, 0) is 14.8 Å². The van der Waals surface area contributed by atoms with E-state index in [1.807, 2.05) is 6.07 Å². The SMILES string of the molecule is CC(CC1COCC1Oc1ccc(-c2ccc(F)cc2C#N)cc1)S(N)(=O)=O. The summed E-state index contributed by atoms with van der Waals surface area (Å²) in [5.41, 5.74) is 1.67. The quantitative estimate of drug-likeness (QED) is 0.798. The van der Waals surface area contributed by atoms with Crippen molar-refractivity contribution in [1.29, 1.82) is 5.26 Å². The maximum atomic E-state index is 13.3. The molecule has 2 N–H and O–H groups in total. The first-order chi connectivity index (χ1) is 13.3. The van der Waals surface area contributed by atoms with Gasteiger partial charge in [-0.15, -0.1) is 0 Å². The molecule has 1 saturated heterocycles. The van der Waals surface area contributed by atoms with Crippen molar-refractivity contribution in [3.8, 4) is 22.9 Å². The molecule has 6 nitrogen and oxygen atoms in total. The van der Waals surface area contributed by atoms with Gasteiger partial charge in [0, 0.05) is 5.92 Å². The maximum absolute atomic E-state index is 13.3. The molecule has 0 amide bonds. The predicted molar refractivity (Wildman–Crippen MR) is 102 cm³/mol. The fraction of sp³-hybridized carbons (Fsp3) is 0.350. The van der Waals surface area contributed by atoms with Crippen LogP contribution in [0.5, 0.6) is 5.75 Å². The summed E-state index contributed by atoms with van der Waals surface area (Å²) < 4.78 is 47.7. The van der Waals surface area contributed by atoms with Gasteiger partial charge in [-0.05, 0) is 48.7 Å². The summed E-state index contributed by atoms with van der Waals surface area (Å²) >= 11 is 0. The molecule has 0 aromatic heterocycles. The van der Waals surface area contributed by atoms with Gasteiger partial charge >= 0.3 is 0 Å². The molecule has 8 heteroatoms. The zero-order valence-electron chi connectivity index (χ0n) is 15.3. The lowest BCUT2D eigenvalue weighted by atomic mass is 9.99. The van der Waals surface area contributed by atoms with Crippen LogP contribution in [0.3, 0.4) is 0 Å². The molecular weight excluding hydrogens is 383 g/mol. The Balaban J connectivity index is 1.71. The van der Waals surface area contributed by atoms with Crippen molar-refractivity contribution in [1.82, 2.24) is 0 Å². The number of primary sulfonamides is 1. The Bertz CT molecular complexity index is 986. The average Bonchev–Trinajstić information content (AvgIpc) is 3.08. The Morgan fingerprint density at radius 3 is 2.64 bits per heavy atom. The highest BCUT2D eigenvalue weighted by Gasteiger charge is 2.33. The van der Waals surface area contributed by atoms with Crippen molar-refractivity contribution < 1.29 is 22.3 Å². The second-order valence-electron chi connectivity index (χ2n) is 6.92. The van der Waals surface area contributed by atoms with Gasteiger partial charge in [0.15, 0.2) is 0 Å². The highest BCUT2D eigenvalue weighted by atomic mass is 32.2. The lowest BCUT2D eigenvalue weighted by Crippen LogP contribution is -2.33. The molecule has 0 saturated carbocycles. The predicted octanol–water partition coefficient (Wildman–Crippen LogP) is 2.83. The number of nitrogens with two attached hydrogens (primary N) is 1. The zero-order chi connectivity index (χ0) is 20.3. The number of ether oxygens (including phenoxy) is 2. The van der Waals surface area contributed by atoms with Crippen LogP contribution in [0.1, 0.15) is 18.9 Å². The van der Waals surface area contributed by atoms with Gasteiger partial charge in [0.2, 0.25) is 10.0 Å². The van der Waals surface area contributed by atoms with E-state index in [1.54, 1.807) is 37.3 Å². The Kier molecular flexibility index (Phi) is 5.98. The van der Waals surface area contributed by atoms with Crippen LogP contribution in [-0.4, -0.2) is 33.0 Å². The van der Waals surface area contributed by atoms with Gasteiger partial charge in [-0.3, -0.25) is 0 Å². The van der Waals surface area contributed by atoms with Crippen LogP contribution in [0.2, 0.25) is 0 Å². The average molecular weight is 404 g/mol. The fourth-order valence-corrected chi connectivity index (χ4v) is 3.75. The van der Waals surface area contributed by atoms with Gasteiger partial charge in [-0.1, -0.05) is 18.2 Å². The van der Waals surface area contributed by atoms with Crippen LogP contribution in [0.25, 0.3) is 11.1 Å². The highest BCUT2D eigenvalue weighted by Crippen LogP contribution is 2.29. The summed E-state index contributed by atoms with van der Waals surface area (Å²) in [7, 11) is -3.60. The number of hydrogen-bond donors (Lipinski definition) is 1. The van der Waals surface area contributed by atoms with Crippen molar-refractivity contribution in [2.45, 2.75) is 24.7 Å². The van der Waals surface area contributed by atoms with Crippen molar-refractivity contribution in [2.24, 2.45) is 11.1 Å². The fourth-order valence-electron chi connectivity index (χ4n) is 3.24. The van der Waals surface area contributed by atoms with Crippen molar-refractivity contribution >= 4 is 10.0 Å². The molecule has 3 unspecified atom stereocenters. The lowest BCUT2D eigenvalue weighted by molar-refractivity contribution is 0.136. The minimum atomic E-state index is -3.60. The Morgan fingerprint density at radius 2 is 2.00 bits per heavy atom. The van der Waals surface area contributed by atoms with Crippen molar-refractivity contribution in [3.05, 3.63) is 53.8 Å². The smallest absolute Gasteiger partial charge is 0.211 e. The number of hydrogen-bond acceptors (Lipinski definition) is 5. The molecule has 0 aliphatic carbocycles. The Morgan fingerprint density at radius 1 is 1.29 bits per heavy atom. The van der Waals surface area contributed by atoms with Gasteiger partial charge < -0.3 is 9.47 Å². The van der Waals surface area contributed by atoms with E-state index in [0.29, 0.717) is 30.9 Å². The van der Waals surface area contributed by atoms with E-state index in [1.165, 1.54) is 12.1 Å². The van der Waals surface area contributed by atoms with E-state index in [4.69, 9.17) is 14.6 Å². The van der Waals surface area contributed by atoms with Crippen LogP contribution < -0.4 is 9.88 Å². The van der Waals surface area contributed by atoms with Crippen molar-refractivity contribution in [3.63, 3.8) is 0 Å². The number of nitrogens with zero attached hydrogens (tertiary/aromatic N) is 1. The standard InChI is InChI=1S/C20H21FN2O4S/c1-13(28(23,24)25)8-16-11-26-12-20(16)27-18-5-2-14(3-6-18)19-7-4-17(21)9-15(19)10-22/h2-7,9,13,16,20H,8,11-12H2,1H3,(H2,23,24,25). The molecule has 0 bridgehead atoms. The molecular formula is C20H21FN2O4S. The summed E-state index contributed by atoms with van der Waals surface area (Å²) in [6, 6.07) is 13.2. The molecule has 2 aromatic rings. The highest BCUT2D eigenvalue weighted by molar-refractivity contribution is 7.89. The van der Waals surface area contributed by atoms with E-state index in [0.717, 1.165) is 5.56 Å². The molecule has 2 aromatic carbocycles. The number of nitriles is 1. The topological polar surface area (TPSA) is 102 Å². The number of sulfonamides is 1. The summed E-state index contributed by atoms with van der Waals surface area (Å²) in [6.45, 7) is 2.37. The summed E-state index contributed by atoms with van der Waals surface area (Å²) in [5, 5.41) is 13.7. The third kappa shape index (κ3) is 4.68. The van der Waals surface area contributed by atoms with Gasteiger partial charge in [0.25, 0.3) is 0 Å². The van der Waals surface area contributed by atoms with Gasteiger partial charge in [-0.25, -0.2) is 17.9 Å². The van der Waals surface area contributed by atoms with E-state index >= 15 is 0 Å². The number of halogens is 1. The van der Waals surface area contributed by atoms with Crippen LogP contribution >= 0.6 is 0 Å². The summed E-state index contributed by atoms with van der Waals surface area (Å²) in [5.74, 6) is 0.0738. The normalized spacial score (nSPS) is 20.5. The lowest BCUT2D eigenvalue weighted by Gasteiger charge is -2.21. The minimum Gasteiger partial charge on any atom is -0.488 e. The molecule has 148 valence electrons. The first-order valence-corrected chi connectivity index (χ1v) is 10.4. The molecule has 1 aliphatic heterocycles. The first-order valence-electron chi connectivity index (χ1n) is 8.84. The third-order valence-corrected chi connectivity index (χ3v) is 6.20. The Hall–Kier alpha value is -2.47. The first kappa shape index (κ1) is 20.3. The third-order valence-electron chi connectivity index (χ3n) is 4.89. The van der Waals surface area contributed by atoms with E-state index in [9.17, 15) is 18.1 Å². The van der Waals surface area contributed by atoms with Crippen molar-refractivity contribution in [2.75, 3.05) is 13.2 Å². The Labute approximate surface area is 163 Å². The van der Waals surface area contributed by atoms with Crippen LogP contribution in [0.4, 0.5) is 4.39 Å². The summed E-state index contributed by atoms with van der Waals surface area (Å²) in [6.07, 6.45) is 0.0958. The van der Waals surface area contributed by atoms with Crippen LogP contribution in [0.15, 0.2) is 42.5 Å². The number of benzene rings is 2. The van der Waals surface area contributed by atoms with Gasteiger partial charge in [0.1, 0.15) is 17.7 Å². The second-order valence-corrected chi connectivity index (χ2v) is 8.90. The van der Waals surface area contributed by atoms with E-state index < -0.39 is 21.1 Å². The van der Waals surface area contributed by atoms with Crippen LogP contribution in [0, 0.1) is 23.1 Å². The van der Waals surface area contributed by atoms with E-state index in [2.05, 4.69) is 0 Å². The molecule has 1 aliphatic rings. The second kappa shape index (κ2) is 8.27. The van der Waals surface area contributed by atoms with Gasteiger partial charge in [0.05, 0.1) is 30.1 Å². The molecule has 28 heavy (non-hydrogen) atoms. The largest absolute Gasteiger partial charge is 0.488 e. The van der Waals surface area contributed by atoms with Gasteiger partial charge in [-0.2, -0.15) is 5.26 Å². The minimum absolute atomic E-state index is 0.0738. The monoisotopic (exact) mass is 404 g/mol. The molecule has 3 rings (SSSR count). The summed E-state index contributed by atoms with van der Waals surface area (Å²) in [4.78, 5) is 0. The molecule has 0 spiro atoms. The molecule has 1 heterocycles. The maximum Gasteiger partial charge on any atom is 0.211 e. The molecule has 3 atom stereocenters.